The lowest BCUT2D eigenvalue weighted by Gasteiger charge is -2.10. The van der Waals surface area contributed by atoms with Gasteiger partial charge < -0.3 is 10.1 Å². The number of thiophene rings is 1. The number of ether oxygens (including phenoxy) is 1. The van der Waals surface area contributed by atoms with E-state index in [9.17, 15) is 4.79 Å². The van der Waals surface area contributed by atoms with Crippen LogP contribution in [0.2, 0.25) is 0 Å². The molecule has 0 aliphatic heterocycles. The van der Waals surface area contributed by atoms with Crippen LogP contribution in [0.1, 0.15) is 51.9 Å². The molecule has 5 heteroatoms. The van der Waals surface area contributed by atoms with Gasteiger partial charge in [-0.25, -0.2) is 4.98 Å². The highest BCUT2D eigenvalue weighted by molar-refractivity contribution is 7.14. The van der Waals surface area contributed by atoms with Crippen molar-refractivity contribution in [2.24, 2.45) is 0 Å². The van der Waals surface area contributed by atoms with Gasteiger partial charge in [0.2, 0.25) is 5.88 Å². The molecule has 0 aromatic carbocycles. The third kappa shape index (κ3) is 3.91. The number of nitrogens with zero attached hydrogens (tertiary/aromatic N) is 1. The third-order valence-corrected chi connectivity index (χ3v) is 5.19. The molecule has 2 heterocycles. The molecule has 1 amide bonds. The van der Waals surface area contributed by atoms with E-state index >= 15 is 0 Å². The Balaban J connectivity index is 1.64. The fraction of sp³-hybridized carbons (Fsp3) is 0.444. The van der Waals surface area contributed by atoms with Crippen molar-refractivity contribution in [2.75, 3.05) is 6.61 Å². The van der Waals surface area contributed by atoms with Crippen molar-refractivity contribution < 1.29 is 9.53 Å². The van der Waals surface area contributed by atoms with Crippen molar-refractivity contribution >= 4 is 17.2 Å². The van der Waals surface area contributed by atoms with Crippen molar-refractivity contribution in [1.29, 1.82) is 0 Å². The minimum atomic E-state index is -0.00491. The molecule has 1 N–H and O–H groups in total. The summed E-state index contributed by atoms with van der Waals surface area (Å²) in [6.07, 6.45) is 7.34. The molecule has 0 saturated carbocycles. The summed E-state index contributed by atoms with van der Waals surface area (Å²) in [6, 6.07) is 5.87. The summed E-state index contributed by atoms with van der Waals surface area (Å²) in [5.41, 5.74) is 2.27. The number of fused-ring (bicyclic) bond motifs is 1. The van der Waals surface area contributed by atoms with Crippen LogP contribution >= 0.6 is 11.3 Å². The maximum atomic E-state index is 12.4. The fourth-order valence-corrected chi connectivity index (χ4v) is 3.92. The zero-order valence-corrected chi connectivity index (χ0v) is 14.2. The summed E-state index contributed by atoms with van der Waals surface area (Å²) >= 11 is 1.64. The Morgan fingerprint density at radius 2 is 2.26 bits per heavy atom. The molecule has 23 heavy (non-hydrogen) atoms. The fourth-order valence-electron chi connectivity index (χ4n) is 2.75. The van der Waals surface area contributed by atoms with Crippen molar-refractivity contribution in [3.63, 3.8) is 0 Å². The molecular weight excluding hydrogens is 308 g/mol. The topological polar surface area (TPSA) is 51.2 Å². The van der Waals surface area contributed by atoms with E-state index in [4.69, 9.17) is 4.74 Å². The third-order valence-electron chi connectivity index (χ3n) is 3.95. The second-order valence-corrected chi connectivity index (χ2v) is 6.90. The molecule has 0 radical (unpaired) electrons. The highest BCUT2D eigenvalue weighted by Gasteiger charge is 2.17. The molecule has 0 saturated heterocycles. The smallest absolute Gasteiger partial charge is 0.261 e. The molecule has 0 atom stereocenters. The molecular formula is C18H22N2O2S. The van der Waals surface area contributed by atoms with Gasteiger partial charge in [-0.3, -0.25) is 4.79 Å². The second-order valence-electron chi connectivity index (χ2n) is 5.76. The minimum absolute atomic E-state index is 0.00491. The summed E-state index contributed by atoms with van der Waals surface area (Å²) in [4.78, 5) is 18.8. The molecule has 2 aromatic rings. The van der Waals surface area contributed by atoms with E-state index < -0.39 is 0 Å². The number of amides is 1. The Kier molecular flexibility index (Phi) is 5.28. The molecule has 122 valence electrons. The quantitative estimate of drug-likeness (QED) is 0.878. The van der Waals surface area contributed by atoms with Crippen LogP contribution in [-0.2, 0) is 19.4 Å². The molecule has 1 aliphatic carbocycles. The minimum Gasteiger partial charge on any atom is -0.477 e. The average Bonchev–Trinajstić information content (AvgIpc) is 3.02. The first kappa shape index (κ1) is 16.0. The van der Waals surface area contributed by atoms with Crippen LogP contribution in [-0.4, -0.2) is 17.5 Å². The molecule has 0 unspecified atom stereocenters. The number of nitrogens with one attached hydrogen (secondary N) is 1. The number of hydrogen-bond donors (Lipinski definition) is 1. The van der Waals surface area contributed by atoms with E-state index in [1.807, 2.05) is 12.1 Å². The van der Waals surface area contributed by atoms with Gasteiger partial charge in [0.05, 0.1) is 11.5 Å². The molecule has 0 bridgehead atoms. The average molecular weight is 330 g/mol. The van der Waals surface area contributed by atoms with Gasteiger partial charge in [0.1, 0.15) is 0 Å². The number of hydrogen-bond acceptors (Lipinski definition) is 4. The van der Waals surface area contributed by atoms with Crippen LogP contribution in [0.15, 0.2) is 24.4 Å². The lowest BCUT2D eigenvalue weighted by molar-refractivity contribution is 0.0954. The maximum absolute atomic E-state index is 12.4. The monoisotopic (exact) mass is 330 g/mol. The van der Waals surface area contributed by atoms with E-state index in [2.05, 4.69) is 23.3 Å². The number of aryl methyl sites for hydroxylation is 2. The zero-order chi connectivity index (χ0) is 16.1. The Hall–Kier alpha value is -1.88. The molecule has 0 spiro atoms. The van der Waals surface area contributed by atoms with Gasteiger partial charge in [0.25, 0.3) is 5.91 Å². The Morgan fingerprint density at radius 3 is 3.09 bits per heavy atom. The van der Waals surface area contributed by atoms with Gasteiger partial charge in [0, 0.05) is 23.2 Å². The number of rotatable bonds is 6. The van der Waals surface area contributed by atoms with E-state index in [0.29, 0.717) is 19.0 Å². The SMILES string of the molecule is CCCOc1ncccc1CNC(=O)c1cc2c(s1)CCCC2. The molecule has 1 aliphatic rings. The highest BCUT2D eigenvalue weighted by atomic mass is 32.1. The van der Waals surface area contributed by atoms with Gasteiger partial charge in [-0.05, 0) is 49.8 Å². The van der Waals surface area contributed by atoms with Gasteiger partial charge >= 0.3 is 0 Å². The van der Waals surface area contributed by atoms with Crippen molar-refractivity contribution in [1.82, 2.24) is 10.3 Å². The van der Waals surface area contributed by atoms with Gasteiger partial charge in [-0.2, -0.15) is 0 Å². The van der Waals surface area contributed by atoms with Crippen molar-refractivity contribution in [3.05, 3.63) is 45.3 Å². The van der Waals surface area contributed by atoms with Crippen LogP contribution in [0.25, 0.3) is 0 Å². The van der Waals surface area contributed by atoms with Crippen LogP contribution in [0.4, 0.5) is 0 Å². The van der Waals surface area contributed by atoms with Gasteiger partial charge in [-0.15, -0.1) is 11.3 Å². The number of pyridine rings is 1. The second kappa shape index (κ2) is 7.59. The lowest BCUT2D eigenvalue weighted by Crippen LogP contribution is -2.22. The predicted octanol–water partition coefficient (Wildman–Crippen LogP) is 3.74. The first-order valence-corrected chi connectivity index (χ1v) is 9.06. The van der Waals surface area contributed by atoms with Crippen molar-refractivity contribution in [2.45, 2.75) is 45.6 Å². The standard InChI is InChI=1S/C18H22N2O2S/c1-2-10-22-18-14(7-5-9-19-18)12-20-17(21)16-11-13-6-3-4-8-15(13)23-16/h5,7,9,11H,2-4,6,8,10,12H2,1H3,(H,20,21). The van der Waals surface area contributed by atoms with Crippen LogP contribution in [0.5, 0.6) is 5.88 Å². The summed E-state index contributed by atoms with van der Waals surface area (Å²) < 4.78 is 5.63. The highest BCUT2D eigenvalue weighted by Crippen LogP contribution is 2.29. The van der Waals surface area contributed by atoms with Crippen LogP contribution in [0.3, 0.4) is 0 Å². The van der Waals surface area contributed by atoms with Crippen molar-refractivity contribution in [3.8, 4) is 5.88 Å². The predicted molar refractivity (Wildman–Crippen MR) is 92.2 cm³/mol. The van der Waals surface area contributed by atoms with Gasteiger partial charge in [-0.1, -0.05) is 13.0 Å². The maximum Gasteiger partial charge on any atom is 0.261 e. The van der Waals surface area contributed by atoms with E-state index in [-0.39, 0.29) is 5.91 Å². The van der Waals surface area contributed by atoms with Gasteiger partial charge in [0.15, 0.2) is 0 Å². The Morgan fingerprint density at radius 1 is 1.39 bits per heavy atom. The summed E-state index contributed by atoms with van der Waals surface area (Å²) in [7, 11) is 0. The number of carbonyl (C=O) groups excluding carboxylic acids is 1. The number of carbonyl (C=O) groups is 1. The molecule has 3 rings (SSSR count). The van der Waals surface area contributed by atoms with Crippen LogP contribution < -0.4 is 10.1 Å². The van der Waals surface area contributed by atoms with E-state index in [1.165, 1.54) is 23.3 Å². The Labute approximate surface area is 140 Å². The van der Waals surface area contributed by atoms with E-state index in [0.717, 1.165) is 29.7 Å². The lowest BCUT2D eigenvalue weighted by atomic mass is 9.99. The molecule has 0 fully saturated rings. The van der Waals surface area contributed by atoms with E-state index in [1.54, 1.807) is 17.5 Å². The first-order valence-electron chi connectivity index (χ1n) is 8.24. The molecule has 2 aromatic heterocycles. The summed E-state index contributed by atoms with van der Waals surface area (Å²) in [6.45, 7) is 3.13. The largest absolute Gasteiger partial charge is 0.477 e. The summed E-state index contributed by atoms with van der Waals surface area (Å²) in [5, 5.41) is 2.99. The summed E-state index contributed by atoms with van der Waals surface area (Å²) in [5.74, 6) is 0.606. The van der Waals surface area contributed by atoms with Crippen LogP contribution in [0, 0.1) is 0 Å². The normalized spacial score (nSPS) is 13.4. The first-order chi connectivity index (χ1) is 11.3. The molecule has 4 nitrogen and oxygen atoms in total. The Bertz CT molecular complexity index is 658. The number of aromatic nitrogens is 1. The zero-order valence-electron chi connectivity index (χ0n) is 13.4.